The summed E-state index contributed by atoms with van der Waals surface area (Å²) in [7, 11) is 0. The van der Waals surface area contributed by atoms with Crippen LogP contribution in [0.1, 0.15) is 99.9 Å². The third kappa shape index (κ3) is 11.5. The number of hydrogen-bond donors (Lipinski definition) is 0. The molecule has 6 heteroatoms. The number of imidazole rings is 1. The van der Waals surface area contributed by atoms with E-state index in [-0.39, 0.29) is 21.7 Å². The molecule has 27 rings (SSSR count). The number of fused-ring (bicyclic) bond motifs is 25. The summed E-state index contributed by atoms with van der Waals surface area (Å²) >= 11 is 0. The Labute approximate surface area is 766 Å². The maximum absolute atomic E-state index is 6.70. The summed E-state index contributed by atoms with van der Waals surface area (Å²) in [6.45, 7) is 18.8. The number of hydrogen-bond acceptors (Lipinski definition) is 5. The summed E-state index contributed by atoms with van der Waals surface area (Å²) in [6.07, 6.45) is 0. The average Bonchev–Trinajstić information content (AvgIpc) is 1.60. The van der Waals surface area contributed by atoms with E-state index in [2.05, 4.69) is 454 Å². The van der Waals surface area contributed by atoms with Gasteiger partial charge < -0.3 is 4.42 Å². The molecule has 0 bridgehead atoms. The topological polar surface area (TPSA) is 69.6 Å². The molecule has 4 aliphatic rings. The lowest BCUT2D eigenvalue weighted by Crippen LogP contribution is -2.15. The van der Waals surface area contributed by atoms with Crippen molar-refractivity contribution >= 4 is 87.0 Å². The first kappa shape index (κ1) is 77.1. The highest BCUT2D eigenvalue weighted by Crippen LogP contribution is 2.57. The smallest absolute Gasteiger partial charge is 0.227 e. The standard InChI is InChI=1S/C64H44N2O.C62H45N3/c1-63(2)54-23-13-11-18-44(54)46-31-29-39(33-56(46)63)51-35-53-52(37-25-27-38(28-26-37)62-66-60-49-21-9-5-15-41(49)42-16-7-10-22-50(42)61(60)67-62)36-58(65-59(53)48-20-8-6-17-43(48)51)40-30-32-47-45-19-12-14-24-55(45)64(3,4)57(47)34-40;1-61(2)52-22-12-10-19-44(52)46-32-30-40(34-54(46)61)49-36-51-50(38-26-28-39(29-27-38)60-64-56-24-14-15-25-58(56)65(60)42-16-6-5-7-17-42)37-57(63-59(51)48-21-9-8-18-43(48)49)41-31-33-47-45-20-11-13-23-53(45)62(3,4)55(47)35-41/h5-36H,1-4H3;5-37H,1-4H3. The fourth-order valence-corrected chi connectivity index (χ4v) is 23.1. The second-order valence-electron chi connectivity index (χ2n) is 38.6. The van der Waals surface area contributed by atoms with Gasteiger partial charge in [-0.1, -0.05) is 365 Å². The van der Waals surface area contributed by atoms with E-state index in [4.69, 9.17) is 24.4 Å². The zero-order valence-electron chi connectivity index (χ0n) is 74.7. The molecule has 132 heavy (non-hydrogen) atoms. The van der Waals surface area contributed by atoms with E-state index in [1.165, 1.54) is 133 Å². The highest BCUT2D eigenvalue weighted by molar-refractivity contribution is 6.23. The largest absolute Gasteiger partial charge is 0.435 e. The van der Waals surface area contributed by atoms with Crippen LogP contribution in [0.25, 0.3) is 227 Å². The van der Waals surface area contributed by atoms with Crippen LogP contribution in [0.4, 0.5) is 0 Å². The number of pyridine rings is 2. The molecule has 4 heterocycles. The molecular formula is C126H89N5O. The van der Waals surface area contributed by atoms with Gasteiger partial charge in [-0.15, -0.1) is 0 Å². The molecular weight excluding hydrogens is 1600 g/mol. The van der Waals surface area contributed by atoms with E-state index >= 15 is 0 Å². The Morgan fingerprint density at radius 3 is 0.970 bits per heavy atom. The Kier molecular flexibility index (Phi) is 16.8. The molecule has 0 atom stereocenters. The van der Waals surface area contributed by atoms with Crippen LogP contribution in [-0.4, -0.2) is 24.5 Å². The molecule has 624 valence electrons. The van der Waals surface area contributed by atoms with Crippen LogP contribution in [-0.2, 0) is 21.7 Å². The minimum atomic E-state index is -0.131. The zero-order chi connectivity index (χ0) is 88.4. The van der Waals surface area contributed by atoms with Gasteiger partial charge in [-0.3, -0.25) is 4.57 Å². The van der Waals surface area contributed by atoms with Gasteiger partial charge in [0.1, 0.15) is 11.3 Å². The normalized spacial score (nSPS) is 14.2. The van der Waals surface area contributed by atoms with Gasteiger partial charge >= 0.3 is 0 Å². The molecule has 0 N–H and O–H groups in total. The Hall–Kier alpha value is -16.0. The first-order valence-electron chi connectivity index (χ1n) is 46.1. The van der Waals surface area contributed by atoms with E-state index in [1.807, 2.05) is 0 Å². The van der Waals surface area contributed by atoms with Crippen LogP contribution in [0, 0.1) is 0 Å². The van der Waals surface area contributed by atoms with Crippen molar-refractivity contribution in [3.8, 4) is 140 Å². The molecule has 4 aromatic heterocycles. The summed E-state index contributed by atoms with van der Waals surface area (Å²) in [6, 6.07) is 144. The molecule has 4 aliphatic carbocycles. The molecule has 0 amide bonds. The van der Waals surface area contributed by atoms with Gasteiger partial charge in [0.25, 0.3) is 0 Å². The van der Waals surface area contributed by atoms with E-state index in [0.717, 1.165) is 133 Å². The van der Waals surface area contributed by atoms with Gasteiger partial charge in [-0.2, -0.15) is 0 Å². The molecule has 0 aliphatic heterocycles. The van der Waals surface area contributed by atoms with Gasteiger partial charge in [0.05, 0.1) is 33.5 Å². The quantitative estimate of drug-likeness (QED) is 0.135. The SMILES string of the molecule is CC1(C)c2ccccc2-c2ccc(-c3cc(-c4ccc(-c5nc6c7ccccc7c7ccccc7c6o5)cc4)c4cc(-c5ccc6c(c5)C(C)(C)c5ccccc5-6)c5ccccc5c4n3)cc21.CC1(C)c2ccccc2-c2ccc(-c3cc(-c4ccc(-c5nc6ccccc6n5-c5ccccc5)cc4)c4cc(-c5ccc6c(c5)C(C)(C)c5ccccc5-6)c5ccccc5c4n3)cc21. The maximum atomic E-state index is 6.70. The first-order chi connectivity index (χ1) is 64.5. The van der Waals surface area contributed by atoms with Crippen LogP contribution in [0.3, 0.4) is 0 Å². The lowest BCUT2D eigenvalue weighted by molar-refractivity contribution is 0.623. The summed E-state index contributed by atoms with van der Waals surface area (Å²) in [5, 5.41) is 11.4. The van der Waals surface area contributed by atoms with Gasteiger partial charge in [-0.05, 0) is 240 Å². The lowest BCUT2D eigenvalue weighted by Gasteiger charge is -2.22. The summed E-state index contributed by atoms with van der Waals surface area (Å²) in [4.78, 5) is 21.7. The van der Waals surface area contributed by atoms with Crippen LogP contribution >= 0.6 is 0 Å². The second kappa shape index (κ2) is 28.7. The third-order valence-corrected chi connectivity index (χ3v) is 29.9. The lowest BCUT2D eigenvalue weighted by atomic mass is 9.81. The van der Waals surface area contributed by atoms with Crippen molar-refractivity contribution in [2.75, 3.05) is 0 Å². The number of rotatable bonds is 9. The van der Waals surface area contributed by atoms with Gasteiger partial charge in [-0.25, -0.2) is 19.9 Å². The number of aromatic nitrogens is 5. The fraction of sp³-hybridized carbons (Fsp3) is 0.0952. The Morgan fingerprint density at radius 1 is 0.205 bits per heavy atom. The average molecular weight is 1690 g/mol. The third-order valence-electron chi connectivity index (χ3n) is 29.9. The predicted octanol–water partition coefficient (Wildman–Crippen LogP) is 33.1. The molecule has 0 spiro atoms. The maximum Gasteiger partial charge on any atom is 0.227 e. The summed E-state index contributed by atoms with van der Waals surface area (Å²) in [5.74, 6) is 1.53. The Balaban J connectivity index is 0.000000138. The summed E-state index contributed by atoms with van der Waals surface area (Å²) in [5.41, 5.74) is 43.3. The van der Waals surface area contributed by atoms with Crippen LogP contribution < -0.4 is 0 Å². The van der Waals surface area contributed by atoms with Gasteiger partial charge in [0, 0.05) is 81.9 Å². The van der Waals surface area contributed by atoms with E-state index in [1.54, 1.807) is 0 Å². The van der Waals surface area contributed by atoms with Gasteiger partial charge in [0.15, 0.2) is 5.58 Å². The summed E-state index contributed by atoms with van der Waals surface area (Å²) < 4.78 is 8.97. The Morgan fingerprint density at radius 2 is 0.523 bits per heavy atom. The molecule has 19 aromatic carbocycles. The van der Waals surface area contributed by atoms with Crippen molar-refractivity contribution in [3.05, 3.63) is 439 Å². The molecule has 0 radical (unpaired) electrons. The monoisotopic (exact) mass is 1690 g/mol. The van der Waals surface area contributed by atoms with Crippen molar-refractivity contribution in [3.63, 3.8) is 0 Å². The van der Waals surface area contributed by atoms with Crippen molar-refractivity contribution in [1.29, 1.82) is 0 Å². The molecule has 0 fully saturated rings. The molecule has 23 aromatic rings. The van der Waals surface area contributed by atoms with Crippen molar-refractivity contribution in [2.45, 2.75) is 77.0 Å². The number of benzene rings is 19. The first-order valence-corrected chi connectivity index (χ1v) is 46.1. The van der Waals surface area contributed by atoms with Crippen LogP contribution in [0.2, 0.25) is 0 Å². The highest BCUT2D eigenvalue weighted by Gasteiger charge is 2.40. The van der Waals surface area contributed by atoms with E-state index in [0.29, 0.717) is 5.89 Å². The molecule has 0 unspecified atom stereocenters. The van der Waals surface area contributed by atoms with Gasteiger partial charge in [0.2, 0.25) is 5.89 Å². The molecule has 6 nitrogen and oxygen atoms in total. The van der Waals surface area contributed by atoms with Crippen LogP contribution in [0.5, 0.6) is 0 Å². The van der Waals surface area contributed by atoms with Crippen molar-refractivity contribution < 1.29 is 4.42 Å². The fourth-order valence-electron chi connectivity index (χ4n) is 23.1. The molecule has 0 saturated heterocycles. The Bertz CT molecular complexity index is 8810. The minimum Gasteiger partial charge on any atom is -0.435 e. The number of oxazole rings is 1. The zero-order valence-corrected chi connectivity index (χ0v) is 74.7. The van der Waals surface area contributed by atoms with Crippen LogP contribution in [0.15, 0.2) is 399 Å². The van der Waals surface area contributed by atoms with Crippen molar-refractivity contribution in [1.82, 2.24) is 24.5 Å². The van der Waals surface area contributed by atoms with Crippen molar-refractivity contribution in [2.24, 2.45) is 0 Å². The highest BCUT2D eigenvalue weighted by atomic mass is 16.3. The van der Waals surface area contributed by atoms with E-state index < -0.39 is 0 Å². The number of nitrogens with zero attached hydrogens (tertiary/aromatic N) is 5. The molecule has 0 saturated carbocycles. The second-order valence-corrected chi connectivity index (χ2v) is 38.6. The van der Waals surface area contributed by atoms with E-state index in [9.17, 15) is 0 Å². The number of para-hydroxylation sites is 3. The minimum absolute atomic E-state index is 0.106. The predicted molar refractivity (Wildman–Crippen MR) is 549 cm³/mol.